The molecule has 2 heterocycles. The highest BCUT2D eigenvalue weighted by Crippen LogP contribution is 2.34. The maximum atomic E-state index is 6.42. The van der Waals surface area contributed by atoms with E-state index in [4.69, 9.17) is 10.5 Å². The van der Waals surface area contributed by atoms with Crippen LogP contribution in [-0.4, -0.2) is 33.0 Å². The molecule has 5 heteroatoms. The van der Waals surface area contributed by atoms with Crippen molar-refractivity contribution in [3.8, 4) is 0 Å². The molecule has 0 spiro atoms. The molecule has 2 N–H and O–H groups in total. The van der Waals surface area contributed by atoms with E-state index in [1.54, 1.807) is 6.33 Å². The molecule has 5 nitrogen and oxygen atoms in total. The van der Waals surface area contributed by atoms with Gasteiger partial charge in [-0.3, -0.25) is 0 Å². The smallest absolute Gasteiger partial charge is 0.138 e. The second-order valence-electron chi connectivity index (χ2n) is 6.07. The minimum absolute atomic E-state index is 0.0663. The van der Waals surface area contributed by atoms with Crippen LogP contribution in [0.25, 0.3) is 0 Å². The third-order valence-corrected chi connectivity index (χ3v) is 4.37. The number of nitrogens with zero attached hydrogens (tertiary/aromatic N) is 3. The maximum Gasteiger partial charge on any atom is 0.138 e. The maximum absolute atomic E-state index is 6.42. The topological polar surface area (TPSA) is 66.0 Å². The number of hydrogen-bond acceptors (Lipinski definition) is 4. The van der Waals surface area contributed by atoms with E-state index < -0.39 is 0 Å². The first-order valence-corrected chi connectivity index (χ1v) is 7.21. The van der Waals surface area contributed by atoms with Crippen molar-refractivity contribution in [2.75, 3.05) is 0 Å². The van der Waals surface area contributed by atoms with Gasteiger partial charge in [-0.15, -0.1) is 0 Å². The first-order valence-electron chi connectivity index (χ1n) is 7.21. The van der Waals surface area contributed by atoms with Crippen LogP contribution >= 0.6 is 0 Å². The average molecular weight is 266 g/mol. The minimum Gasteiger partial charge on any atom is -0.375 e. The van der Waals surface area contributed by atoms with Crippen LogP contribution < -0.4 is 5.73 Å². The van der Waals surface area contributed by atoms with E-state index in [9.17, 15) is 0 Å². The van der Waals surface area contributed by atoms with Gasteiger partial charge < -0.3 is 10.5 Å². The lowest BCUT2D eigenvalue weighted by Crippen LogP contribution is -2.40. The van der Waals surface area contributed by atoms with Crippen LogP contribution in [0.4, 0.5) is 0 Å². The molecule has 5 atom stereocenters. The fourth-order valence-corrected chi connectivity index (χ4v) is 3.23. The lowest BCUT2D eigenvalue weighted by molar-refractivity contribution is 0.0489. The summed E-state index contributed by atoms with van der Waals surface area (Å²) in [6.07, 6.45) is 2.88. The number of rotatable bonds is 4. The van der Waals surface area contributed by atoms with Crippen molar-refractivity contribution in [3.63, 3.8) is 0 Å². The van der Waals surface area contributed by atoms with Crippen molar-refractivity contribution in [2.45, 2.75) is 65.3 Å². The molecule has 2 rings (SSSR count). The highest BCUT2D eigenvalue weighted by Gasteiger charge is 2.40. The Morgan fingerprint density at radius 2 is 2.00 bits per heavy atom. The summed E-state index contributed by atoms with van der Waals surface area (Å²) in [5, 5.41) is 4.27. The van der Waals surface area contributed by atoms with Crippen LogP contribution in [0.5, 0.6) is 0 Å². The Kier molecular flexibility index (Phi) is 4.26. The molecular weight excluding hydrogens is 240 g/mol. The molecule has 1 aromatic heterocycles. The van der Waals surface area contributed by atoms with E-state index in [1.165, 1.54) is 0 Å². The summed E-state index contributed by atoms with van der Waals surface area (Å²) in [5.74, 6) is 1.84. The highest BCUT2D eigenvalue weighted by molar-refractivity contribution is 4.97. The molecule has 0 amide bonds. The molecule has 19 heavy (non-hydrogen) atoms. The third kappa shape index (κ3) is 2.82. The quantitative estimate of drug-likeness (QED) is 0.902. The molecule has 1 saturated heterocycles. The summed E-state index contributed by atoms with van der Waals surface area (Å²) in [7, 11) is 0. The van der Waals surface area contributed by atoms with Crippen molar-refractivity contribution >= 4 is 0 Å². The SMILES string of the molecule is CC1OC(C)C(C(N)Cc2ncnn2C(C)C)C1C. The standard InChI is InChI=1S/C14H26N4O/c1-8(2)18-13(16-7-17-18)6-12(15)14-9(3)10(4)19-11(14)5/h7-12,14H,6,15H2,1-5H3. The molecule has 5 unspecified atom stereocenters. The fraction of sp³-hybridized carbons (Fsp3) is 0.857. The summed E-state index contributed by atoms with van der Waals surface area (Å²) >= 11 is 0. The molecule has 0 radical (unpaired) electrons. The van der Waals surface area contributed by atoms with Crippen molar-refractivity contribution in [2.24, 2.45) is 17.6 Å². The molecule has 1 aromatic rings. The van der Waals surface area contributed by atoms with E-state index in [-0.39, 0.29) is 18.2 Å². The van der Waals surface area contributed by atoms with Gasteiger partial charge in [0, 0.05) is 24.4 Å². The zero-order chi connectivity index (χ0) is 14.2. The van der Waals surface area contributed by atoms with Crippen molar-refractivity contribution in [1.29, 1.82) is 0 Å². The monoisotopic (exact) mass is 266 g/mol. The third-order valence-electron chi connectivity index (χ3n) is 4.37. The van der Waals surface area contributed by atoms with E-state index in [0.717, 1.165) is 12.2 Å². The Balaban J connectivity index is 2.08. The van der Waals surface area contributed by atoms with Gasteiger partial charge in [0.05, 0.1) is 12.2 Å². The first kappa shape index (κ1) is 14.5. The van der Waals surface area contributed by atoms with Crippen molar-refractivity contribution in [3.05, 3.63) is 12.2 Å². The van der Waals surface area contributed by atoms with E-state index in [1.807, 2.05) is 4.68 Å². The molecule has 0 aliphatic carbocycles. The molecule has 1 aliphatic rings. The zero-order valence-corrected chi connectivity index (χ0v) is 12.6. The Hall–Kier alpha value is -0.940. The number of ether oxygens (including phenoxy) is 1. The Morgan fingerprint density at radius 3 is 2.53 bits per heavy atom. The van der Waals surface area contributed by atoms with Gasteiger partial charge in [-0.2, -0.15) is 5.10 Å². The zero-order valence-electron chi connectivity index (χ0n) is 12.6. The molecule has 108 valence electrons. The lowest BCUT2D eigenvalue weighted by atomic mass is 9.82. The summed E-state index contributed by atoms with van der Waals surface area (Å²) in [5.41, 5.74) is 6.42. The minimum atomic E-state index is 0.0663. The normalized spacial score (nSPS) is 33.0. The van der Waals surface area contributed by atoms with Crippen LogP contribution in [-0.2, 0) is 11.2 Å². The molecule has 1 aliphatic heterocycles. The molecule has 0 saturated carbocycles. The van der Waals surface area contributed by atoms with E-state index in [2.05, 4.69) is 44.7 Å². The van der Waals surface area contributed by atoms with E-state index in [0.29, 0.717) is 17.9 Å². The Bertz CT molecular complexity index is 417. The van der Waals surface area contributed by atoms with Crippen LogP contribution in [0.3, 0.4) is 0 Å². The first-order chi connectivity index (χ1) is 8.91. The average Bonchev–Trinajstić information content (AvgIpc) is 2.85. The number of aromatic nitrogens is 3. The summed E-state index contributed by atoms with van der Waals surface area (Å²) in [4.78, 5) is 4.35. The van der Waals surface area contributed by atoms with Crippen LogP contribution in [0.1, 0.15) is 46.5 Å². The largest absolute Gasteiger partial charge is 0.375 e. The van der Waals surface area contributed by atoms with Gasteiger partial charge in [0.15, 0.2) is 0 Å². The molecular formula is C14H26N4O. The van der Waals surface area contributed by atoms with Gasteiger partial charge in [0.25, 0.3) is 0 Å². The van der Waals surface area contributed by atoms with Gasteiger partial charge in [-0.1, -0.05) is 6.92 Å². The number of nitrogens with two attached hydrogens (primary N) is 1. The molecule has 0 aromatic carbocycles. The number of hydrogen-bond donors (Lipinski definition) is 1. The molecule has 1 fully saturated rings. The Labute approximate surface area is 115 Å². The second kappa shape index (κ2) is 5.59. The van der Waals surface area contributed by atoms with Crippen LogP contribution in [0.2, 0.25) is 0 Å². The van der Waals surface area contributed by atoms with E-state index >= 15 is 0 Å². The van der Waals surface area contributed by atoms with Gasteiger partial charge in [0.2, 0.25) is 0 Å². The van der Waals surface area contributed by atoms with Gasteiger partial charge in [0.1, 0.15) is 12.2 Å². The van der Waals surface area contributed by atoms with Crippen LogP contribution in [0, 0.1) is 11.8 Å². The highest BCUT2D eigenvalue weighted by atomic mass is 16.5. The van der Waals surface area contributed by atoms with Crippen molar-refractivity contribution in [1.82, 2.24) is 14.8 Å². The Morgan fingerprint density at radius 1 is 1.32 bits per heavy atom. The van der Waals surface area contributed by atoms with Gasteiger partial charge in [-0.25, -0.2) is 9.67 Å². The molecule has 0 bridgehead atoms. The predicted octanol–water partition coefficient (Wildman–Crippen LogP) is 1.79. The van der Waals surface area contributed by atoms with Crippen molar-refractivity contribution < 1.29 is 4.74 Å². The summed E-state index contributed by atoms with van der Waals surface area (Å²) < 4.78 is 7.83. The predicted molar refractivity (Wildman–Crippen MR) is 74.7 cm³/mol. The van der Waals surface area contributed by atoms with Crippen LogP contribution in [0.15, 0.2) is 6.33 Å². The second-order valence-corrected chi connectivity index (χ2v) is 6.07. The summed E-state index contributed by atoms with van der Waals surface area (Å²) in [6, 6.07) is 0.384. The lowest BCUT2D eigenvalue weighted by Gasteiger charge is -2.25. The van der Waals surface area contributed by atoms with Gasteiger partial charge >= 0.3 is 0 Å². The van der Waals surface area contributed by atoms with Gasteiger partial charge in [-0.05, 0) is 33.6 Å². The fourth-order valence-electron chi connectivity index (χ4n) is 3.23. The summed E-state index contributed by atoms with van der Waals surface area (Å²) in [6.45, 7) is 10.7.